The average molecular weight is 767 g/mol. The molecule has 1 aliphatic rings. The van der Waals surface area contributed by atoms with Crippen LogP contribution in [-0.4, -0.2) is 59.7 Å². The number of likely N-dealkylation sites (tertiary alicyclic amines) is 1. The van der Waals surface area contributed by atoms with E-state index in [1.54, 1.807) is 0 Å². The molecule has 0 atom stereocenters. The highest BCUT2D eigenvalue weighted by molar-refractivity contribution is 7.98. The number of rotatable bonds is 12. The molecule has 4 aromatic carbocycles. The molecule has 1 saturated heterocycles. The van der Waals surface area contributed by atoms with Crippen LogP contribution < -0.4 is 5.43 Å². The van der Waals surface area contributed by atoms with Crippen molar-refractivity contribution in [2.45, 2.75) is 55.8 Å². The number of fused-ring (bicyclic) bond motifs is 1. The molecule has 6 nitrogen and oxygen atoms in total. The van der Waals surface area contributed by atoms with Crippen molar-refractivity contribution in [3.05, 3.63) is 135 Å². The lowest BCUT2D eigenvalue weighted by atomic mass is 10.00. The zero-order valence-corrected chi connectivity index (χ0v) is 28.9. The second-order valence-corrected chi connectivity index (χ2v) is 12.8. The van der Waals surface area contributed by atoms with E-state index in [-0.39, 0.29) is 43.3 Å². The van der Waals surface area contributed by atoms with Crippen molar-refractivity contribution in [3.8, 4) is 11.1 Å². The maximum Gasteiger partial charge on any atom is 0.416 e. The highest BCUT2D eigenvalue weighted by Crippen LogP contribution is 2.32. The third-order valence-electron chi connectivity index (χ3n) is 8.23. The highest BCUT2D eigenvalue weighted by Gasteiger charge is 2.31. The van der Waals surface area contributed by atoms with Crippen molar-refractivity contribution >= 4 is 28.6 Å². The number of pyridine rings is 1. The summed E-state index contributed by atoms with van der Waals surface area (Å²) in [6, 6.07) is -17.8. The number of hydrogen-bond donors (Lipinski definition) is 0. The van der Waals surface area contributed by atoms with E-state index >= 15 is 9.18 Å². The summed E-state index contributed by atoms with van der Waals surface area (Å²) in [5, 5.41) is -1.66. The largest absolute Gasteiger partial charge is 0.416 e. The molecule has 0 saturated carbocycles. The van der Waals surface area contributed by atoms with Gasteiger partial charge in [-0.25, -0.2) is 8.78 Å². The minimum Gasteiger partial charge on any atom is -0.383 e. The minimum atomic E-state index is -5.36. The van der Waals surface area contributed by atoms with Crippen LogP contribution >= 0.6 is 11.8 Å². The van der Waals surface area contributed by atoms with Gasteiger partial charge in [0.05, 0.1) is 46.0 Å². The molecule has 0 spiro atoms. The molecule has 5 aromatic rings. The van der Waals surface area contributed by atoms with Crippen LogP contribution in [0.25, 0.3) is 22.0 Å². The Morgan fingerprint density at radius 1 is 0.981 bits per heavy atom. The standard InChI is InChI=1S/C41H40F5N3O3S/c1-27-6-15-36-34(22-27)37(50)23-39(53-26-31-4-3-5-35(42)40(31)43)49(36)25-38(51)48(33-16-18-47(19-17-33)20-21-52-2)24-28-7-9-29(10-8-28)30-11-13-32(14-12-30)41(44,45)46/h3-15,22-23,33H,16-21,24-26H2,1-2H3/i3D,4D,5D,6D,7D,8D,9D,10D,11D,12D,13D,14D,15D,22D,23D,25D2. The number of amides is 1. The van der Waals surface area contributed by atoms with Gasteiger partial charge in [-0.2, -0.15) is 13.2 Å². The van der Waals surface area contributed by atoms with E-state index in [1.807, 2.05) is 4.90 Å². The number of thioether (sulfide) groups is 1. The first-order valence-electron chi connectivity index (χ1n) is 24.5. The topological polar surface area (TPSA) is 54.8 Å². The number of carbonyl (C=O) groups excluding carboxylic acids is 1. The summed E-state index contributed by atoms with van der Waals surface area (Å²) in [7, 11) is 1.47. The summed E-state index contributed by atoms with van der Waals surface area (Å²) in [6.07, 6.45) is -5.27. The van der Waals surface area contributed by atoms with Crippen molar-refractivity contribution < 1.29 is 54.8 Å². The molecule has 12 heteroatoms. The number of ether oxygens (including phenoxy) is 1. The van der Waals surface area contributed by atoms with Crippen LogP contribution in [0.1, 0.15) is 58.4 Å². The second-order valence-electron chi connectivity index (χ2n) is 11.8. The van der Waals surface area contributed by atoms with Crippen LogP contribution in [-0.2, 0) is 34.5 Å². The fourth-order valence-corrected chi connectivity index (χ4v) is 6.40. The van der Waals surface area contributed by atoms with Crippen molar-refractivity contribution in [3.63, 3.8) is 0 Å². The van der Waals surface area contributed by atoms with Gasteiger partial charge in [0.15, 0.2) is 17.1 Å². The van der Waals surface area contributed by atoms with Crippen molar-refractivity contribution in [2.75, 3.05) is 33.4 Å². The van der Waals surface area contributed by atoms with E-state index < -0.39 is 188 Å². The van der Waals surface area contributed by atoms with E-state index in [4.69, 9.17) is 25.3 Å². The number of piperidine rings is 1. The Labute approximate surface area is 333 Å². The summed E-state index contributed by atoms with van der Waals surface area (Å²) in [4.78, 5) is 32.1. The van der Waals surface area contributed by atoms with Crippen LogP contribution in [0.2, 0.25) is 0 Å². The Morgan fingerprint density at radius 2 is 1.66 bits per heavy atom. The molecule has 0 N–H and O–H groups in total. The van der Waals surface area contributed by atoms with Gasteiger partial charge in [-0.15, -0.1) is 11.8 Å². The van der Waals surface area contributed by atoms with Crippen molar-refractivity contribution in [1.29, 1.82) is 0 Å². The molecule has 1 aliphatic heterocycles. The maximum absolute atomic E-state index is 15.3. The number of nitrogens with zero attached hydrogens (tertiary/aromatic N) is 3. The van der Waals surface area contributed by atoms with Crippen molar-refractivity contribution in [1.82, 2.24) is 14.4 Å². The summed E-state index contributed by atoms with van der Waals surface area (Å²) < 4.78 is 224. The molecule has 1 amide bonds. The molecule has 0 radical (unpaired) electrons. The number of benzene rings is 4. The molecule has 1 fully saturated rings. The zero-order valence-electron chi connectivity index (χ0n) is 45.1. The maximum atomic E-state index is 15.3. The van der Waals surface area contributed by atoms with E-state index in [0.717, 1.165) is 4.90 Å². The molecule has 0 bridgehead atoms. The normalized spacial score (nSPS) is 19.0. The van der Waals surface area contributed by atoms with Gasteiger partial charge >= 0.3 is 6.18 Å². The molecular formula is C41H40F5N3O3S. The number of carbonyl (C=O) groups is 1. The molecule has 6 rings (SSSR count). The zero-order chi connectivity index (χ0) is 52.5. The van der Waals surface area contributed by atoms with E-state index in [0.29, 0.717) is 17.7 Å². The second kappa shape index (κ2) is 16.7. The third-order valence-corrected chi connectivity index (χ3v) is 9.22. The lowest BCUT2D eigenvalue weighted by molar-refractivity contribution is -0.137. The van der Waals surface area contributed by atoms with Gasteiger partial charge in [0.2, 0.25) is 5.91 Å². The summed E-state index contributed by atoms with van der Waals surface area (Å²) in [5.74, 6) is -6.13. The van der Waals surface area contributed by atoms with Crippen LogP contribution in [0.5, 0.6) is 0 Å². The summed E-state index contributed by atoms with van der Waals surface area (Å²) in [6.45, 7) is -2.26. The Balaban J connectivity index is 1.60. The van der Waals surface area contributed by atoms with Crippen molar-refractivity contribution in [2.24, 2.45) is 0 Å². The number of aromatic nitrogens is 1. The van der Waals surface area contributed by atoms with E-state index in [1.165, 1.54) is 14.0 Å². The molecule has 0 aliphatic carbocycles. The Morgan fingerprint density at radius 3 is 2.32 bits per heavy atom. The quantitative estimate of drug-likeness (QED) is 0.0940. The first-order chi connectivity index (χ1) is 32.5. The predicted molar refractivity (Wildman–Crippen MR) is 198 cm³/mol. The lowest BCUT2D eigenvalue weighted by Gasteiger charge is -2.39. The van der Waals surface area contributed by atoms with Gasteiger partial charge in [-0.1, -0.05) is 59.9 Å². The smallest absolute Gasteiger partial charge is 0.383 e. The van der Waals surface area contributed by atoms with Gasteiger partial charge in [0, 0.05) is 62.1 Å². The number of hydrogen-bond acceptors (Lipinski definition) is 5. The summed E-state index contributed by atoms with van der Waals surface area (Å²) in [5.41, 5.74) is -7.80. The van der Waals surface area contributed by atoms with Gasteiger partial charge in [0.1, 0.15) is 6.50 Å². The fourth-order valence-electron chi connectivity index (χ4n) is 5.49. The van der Waals surface area contributed by atoms with Crippen LogP contribution in [0.15, 0.2) is 100 Å². The van der Waals surface area contributed by atoms with Crippen LogP contribution in [0.4, 0.5) is 22.0 Å². The first kappa shape index (κ1) is 22.0. The molecule has 2 heterocycles. The SMILES string of the molecule is [2H]c1c([2H])c(F)c(F)c(CSc2c([2H])c(=O)c3c([2H])c(C)c([2H])c([2H])c3n2C([2H])([2H])C(=O)N(Cc2c([2H])c([2H])c(-c3c([2H])c([2H])c(C(F)(F)F)c([2H])c3[2H])c([2H])c2[2H])C2CCN(CCOC)CC2)c1[2H]. The highest BCUT2D eigenvalue weighted by atomic mass is 32.2. The predicted octanol–water partition coefficient (Wildman–Crippen LogP) is 8.71. The number of halogens is 5. The molecular weight excluding hydrogens is 710 g/mol. The van der Waals surface area contributed by atoms with E-state index in [9.17, 15) is 25.1 Å². The van der Waals surface area contributed by atoms with Gasteiger partial charge in [-0.3, -0.25) is 9.59 Å². The fraction of sp³-hybridized carbons (Fsp3) is 0.317. The van der Waals surface area contributed by atoms with E-state index in [2.05, 4.69) is 0 Å². The Hall–Kier alpha value is -4.52. The van der Waals surface area contributed by atoms with Gasteiger partial charge in [-0.05, 0) is 66.7 Å². The Bertz CT molecular complexity index is 2970. The van der Waals surface area contributed by atoms with Crippen LogP contribution in [0, 0.1) is 18.6 Å². The third kappa shape index (κ3) is 9.17. The Kier molecular flexibility index (Phi) is 6.91. The molecule has 278 valence electrons. The first-order valence-corrected chi connectivity index (χ1v) is 17.0. The van der Waals surface area contributed by atoms with Gasteiger partial charge < -0.3 is 19.1 Å². The monoisotopic (exact) mass is 766 g/mol. The number of alkyl halides is 3. The molecule has 53 heavy (non-hydrogen) atoms. The van der Waals surface area contributed by atoms with Crippen LogP contribution in [0.3, 0.4) is 0 Å². The number of methoxy groups -OCH3 is 1. The summed E-state index contributed by atoms with van der Waals surface area (Å²) >= 11 is 0.190. The molecule has 1 aromatic heterocycles. The average Bonchev–Trinajstić information content (AvgIpc) is 3.31. The lowest BCUT2D eigenvalue weighted by Crippen LogP contribution is -2.48. The molecule has 0 unspecified atom stereocenters. The van der Waals surface area contributed by atoms with Gasteiger partial charge in [0.25, 0.3) is 0 Å². The minimum absolute atomic E-state index is 0.0473.